The van der Waals surface area contributed by atoms with E-state index in [1.807, 2.05) is 80.6 Å². The number of aryl methyl sites for hydroxylation is 1. The van der Waals surface area contributed by atoms with E-state index in [2.05, 4.69) is 10.6 Å². The molecule has 0 spiro atoms. The minimum Gasteiger partial charge on any atom is -0.348 e. The van der Waals surface area contributed by atoms with Crippen LogP contribution in [0.1, 0.15) is 36.1 Å². The maximum absolute atomic E-state index is 12.3. The molecule has 4 heteroatoms. The van der Waals surface area contributed by atoms with E-state index in [1.54, 1.807) is 0 Å². The first-order valence-corrected chi connectivity index (χ1v) is 9.66. The van der Waals surface area contributed by atoms with Gasteiger partial charge in [-0.2, -0.15) is 0 Å². The molecule has 0 aliphatic heterocycles. The molecule has 28 heavy (non-hydrogen) atoms. The third-order valence-corrected chi connectivity index (χ3v) is 4.90. The molecule has 0 fully saturated rings. The highest BCUT2D eigenvalue weighted by Crippen LogP contribution is 2.19. The average molecular weight is 374 g/mol. The van der Waals surface area contributed by atoms with Gasteiger partial charge in [0, 0.05) is 0 Å². The van der Waals surface area contributed by atoms with Gasteiger partial charge in [-0.25, -0.2) is 0 Å². The third-order valence-electron chi connectivity index (χ3n) is 4.90. The summed E-state index contributed by atoms with van der Waals surface area (Å²) in [4.78, 5) is 24.6. The van der Waals surface area contributed by atoms with Crippen molar-refractivity contribution < 1.29 is 9.59 Å². The van der Waals surface area contributed by atoms with Gasteiger partial charge in [-0.3, -0.25) is 9.59 Å². The summed E-state index contributed by atoms with van der Waals surface area (Å²) in [5.41, 5.74) is 3.22. The standard InChI is InChI=1S/C24H26N2O2/c1-3-22(19-13-11-17(2)12-14-19)26-24(28)16-25-23(27)15-20-9-6-8-18-7-4-5-10-21(18)20/h4-14,22H,3,15-16H2,1-2H3,(H,25,27)(H,26,28)/t22-/m1/s1. The molecule has 0 aromatic heterocycles. The molecule has 4 nitrogen and oxygen atoms in total. The number of benzene rings is 3. The number of nitrogens with one attached hydrogen (secondary N) is 2. The number of carbonyl (C=O) groups excluding carboxylic acids is 2. The lowest BCUT2D eigenvalue weighted by Crippen LogP contribution is -2.39. The summed E-state index contributed by atoms with van der Waals surface area (Å²) in [5.74, 6) is -0.339. The second-order valence-electron chi connectivity index (χ2n) is 7.03. The molecule has 0 bridgehead atoms. The van der Waals surface area contributed by atoms with Crippen LogP contribution in [0.3, 0.4) is 0 Å². The smallest absolute Gasteiger partial charge is 0.239 e. The van der Waals surface area contributed by atoms with Crippen LogP contribution < -0.4 is 10.6 Å². The molecule has 0 aliphatic carbocycles. The second-order valence-corrected chi connectivity index (χ2v) is 7.03. The van der Waals surface area contributed by atoms with Gasteiger partial charge in [0.2, 0.25) is 11.8 Å². The minimum atomic E-state index is -0.182. The van der Waals surface area contributed by atoms with Crippen LogP contribution in [-0.2, 0) is 16.0 Å². The largest absolute Gasteiger partial charge is 0.348 e. The zero-order chi connectivity index (χ0) is 19.9. The maximum Gasteiger partial charge on any atom is 0.239 e. The monoisotopic (exact) mass is 374 g/mol. The molecule has 3 rings (SSSR count). The number of amides is 2. The molecule has 0 radical (unpaired) electrons. The van der Waals surface area contributed by atoms with E-state index >= 15 is 0 Å². The predicted octanol–water partition coefficient (Wildman–Crippen LogP) is 4.07. The van der Waals surface area contributed by atoms with Crippen LogP contribution in [0.15, 0.2) is 66.7 Å². The van der Waals surface area contributed by atoms with E-state index in [9.17, 15) is 9.59 Å². The number of hydrogen-bond acceptors (Lipinski definition) is 2. The Hall–Kier alpha value is -3.14. The van der Waals surface area contributed by atoms with Crippen molar-refractivity contribution in [2.75, 3.05) is 6.54 Å². The summed E-state index contributed by atoms with van der Waals surface area (Å²) in [6.45, 7) is 4.05. The SMILES string of the molecule is CC[C@@H](NC(=O)CNC(=O)Cc1cccc2ccccc12)c1ccc(C)cc1. The van der Waals surface area contributed by atoms with Crippen molar-refractivity contribution in [1.29, 1.82) is 0 Å². The normalized spacial score (nSPS) is 11.8. The third kappa shape index (κ3) is 4.97. The van der Waals surface area contributed by atoms with Gasteiger partial charge in [0.25, 0.3) is 0 Å². The van der Waals surface area contributed by atoms with E-state index < -0.39 is 0 Å². The van der Waals surface area contributed by atoms with Crippen LogP contribution in [-0.4, -0.2) is 18.4 Å². The maximum atomic E-state index is 12.3. The van der Waals surface area contributed by atoms with E-state index in [1.165, 1.54) is 5.56 Å². The zero-order valence-corrected chi connectivity index (χ0v) is 16.4. The van der Waals surface area contributed by atoms with Gasteiger partial charge >= 0.3 is 0 Å². The lowest BCUT2D eigenvalue weighted by molar-refractivity contribution is -0.126. The summed E-state index contributed by atoms with van der Waals surface area (Å²) in [6, 6.07) is 22.0. The van der Waals surface area contributed by atoms with Crippen molar-refractivity contribution in [1.82, 2.24) is 10.6 Å². The van der Waals surface area contributed by atoms with Gasteiger partial charge in [0.1, 0.15) is 0 Å². The Kier molecular flexibility index (Phi) is 6.43. The molecule has 0 aliphatic rings. The van der Waals surface area contributed by atoms with Crippen molar-refractivity contribution >= 4 is 22.6 Å². The number of rotatable bonds is 7. The Balaban J connectivity index is 1.55. The molecule has 0 unspecified atom stereocenters. The van der Waals surface area contributed by atoms with Crippen LogP contribution in [0, 0.1) is 6.92 Å². The number of fused-ring (bicyclic) bond motifs is 1. The van der Waals surface area contributed by atoms with E-state index in [0.29, 0.717) is 0 Å². The predicted molar refractivity (Wildman–Crippen MR) is 113 cm³/mol. The summed E-state index contributed by atoms with van der Waals surface area (Å²) in [7, 11) is 0. The van der Waals surface area contributed by atoms with Crippen molar-refractivity contribution in [3.05, 3.63) is 83.4 Å². The fourth-order valence-corrected chi connectivity index (χ4v) is 3.33. The van der Waals surface area contributed by atoms with Crippen molar-refractivity contribution in [2.24, 2.45) is 0 Å². The minimum absolute atomic E-state index is 0.0219. The van der Waals surface area contributed by atoms with Gasteiger partial charge in [0.05, 0.1) is 19.0 Å². The summed E-state index contributed by atoms with van der Waals surface area (Å²) < 4.78 is 0. The lowest BCUT2D eigenvalue weighted by Gasteiger charge is -2.18. The second kappa shape index (κ2) is 9.18. The molecule has 0 saturated heterocycles. The zero-order valence-electron chi connectivity index (χ0n) is 16.4. The van der Waals surface area contributed by atoms with Gasteiger partial charge in [0.15, 0.2) is 0 Å². The van der Waals surface area contributed by atoms with Gasteiger partial charge in [-0.15, -0.1) is 0 Å². The lowest BCUT2D eigenvalue weighted by atomic mass is 10.0. The van der Waals surface area contributed by atoms with Gasteiger partial charge < -0.3 is 10.6 Å². The summed E-state index contributed by atoms with van der Waals surface area (Å²) >= 11 is 0. The molecule has 3 aromatic rings. The Labute approximate surface area is 166 Å². The first-order chi connectivity index (χ1) is 13.6. The average Bonchev–Trinajstić information content (AvgIpc) is 2.71. The Morgan fingerprint density at radius 1 is 0.893 bits per heavy atom. The number of carbonyl (C=O) groups is 2. The van der Waals surface area contributed by atoms with Crippen molar-refractivity contribution in [2.45, 2.75) is 32.7 Å². The fourth-order valence-electron chi connectivity index (χ4n) is 3.33. The van der Waals surface area contributed by atoms with Crippen molar-refractivity contribution in [3.63, 3.8) is 0 Å². The van der Waals surface area contributed by atoms with Crippen molar-refractivity contribution in [3.8, 4) is 0 Å². The van der Waals surface area contributed by atoms with E-state index in [-0.39, 0.29) is 30.8 Å². The Morgan fingerprint density at radius 2 is 1.61 bits per heavy atom. The quantitative estimate of drug-likeness (QED) is 0.655. The molecule has 0 saturated carbocycles. The first-order valence-electron chi connectivity index (χ1n) is 9.66. The highest BCUT2D eigenvalue weighted by molar-refractivity contribution is 5.91. The summed E-state index contributed by atoms with van der Waals surface area (Å²) in [5, 5.41) is 7.90. The van der Waals surface area contributed by atoms with Crippen LogP contribution in [0.5, 0.6) is 0 Å². The highest BCUT2D eigenvalue weighted by atomic mass is 16.2. The van der Waals surface area contributed by atoms with Gasteiger partial charge in [-0.1, -0.05) is 79.2 Å². The number of hydrogen-bond donors (Lipinski definition) is 2. The first kappa shape index (κ1) is 19.6. The van der Waals surface area contributed by atoms with Crippen LogP contribution in [0.4, 0.5) is 0 Å². The molecule has 2 N–H and O–H groups in total. The molecule has 0 heterocycles. The Morgan fingerprint density at radius 3 is 2.36 bits per heavy atom. The fraction of sp³-hybridized carbons (Fsp3) is 0.250. The topological polar surface area (TPSA) is 58.2 Å². The molecular formula is C24H26N2O2. The van der Waals surface area contributed by atoms with Crippen LogP contribution in [0.2, 0.25) is 0 Å². The van der Waals surface area contributed by atoms with Gasteiger partial charge in [-0.05, 0) is 35.2 Å². The van der Waals surface area contributed by atoms with E-state index in [0.717, 1.165) is 28.3 Å². The van der Waals surface area contributed by atoms with E-state index in [4.69, 9.17) is 0 Å². The molecule has 2 amide bonds. The van der Waals surface area contributed by atoms with Crippen LogP contribution >= 0.6 is 0 Å². The highest BCUT2D eigenvalue weighted by Gasteiger charge is 2.14. The molecule has 1 atom stereocenters. The Bertz CT molecular complexity index is 959. The summed E-state index contributed by atoms with van der Waals surface area (Å²) in [6.07, 6.45) is 1.04. The molecule has 144 valence electrons. The molecular weight excluding hydrogens is 348 g/mol. The van der Waals surface area contributed by atoms with Crippen LogP contribution in [0.25, 0.3) is 10.8 Å². The molecule has 3 aromatic carbocycles.